The van der Waals surface area contributed by atoms with Crippen LogP contribution in [0.5, 0.6) is 0 Å². The van der Waals surface area contributed by atoms with Gasteiger partial charge in [-0.3, -0.25) is 4.79 Å². The van der Waals surface area contributed by atoms with Crippen molar-refractivity contribution >= 4 is 11.5 Å². The van der Waals surface area contributed by atoms with Crippen molar-refractivity contribution in [3.63, 3.8) is 0 Å². The Hall–Kier alpha value is -2.63. The number of unbranched alkanes of at least 4 members (excludes halogenated alkanes) is 1. The molecule has 0 aliphatic rings. The fourth-order valence-corrected chi connectivity index (χ4v) is 3.09. The topological polar surface area (TPSA) is 80.6 Å². The average Bonchev–Trinajstić information content (AvgIpc) is 3.20. The van der Waals surface area contributed by atoms with Crippen LogP contribution >= 0.6 is 0 Å². The fourth-order valence-electron chi connectivity index (χ4n) is 3.09. The molecule has 0 atom stereocenters. The van der Waals surface area contributed by atoms with Crippen LogP contribution in [-0.2, 0) is 17.6 Å². The van der Waals surface area contributed by atoms with Gasteiger partial charge in [-0.15, -0.1) is 0 Å². The van der Waals surface area contributed by atoms with Gasteiger partial charge >= 0.3 is 5.97 Å². The van der Waals surface area contributed by atoms with Crippen LogP contribution in [0.4, 0.5) is 0 Å². The molecular weight excluding hydrogens is 306 g/mol. The molecule has 0 amide bonds. The molecule has 1 N–H and O–H groups in total. The fraction of sp³-hybridized carbons (Fsp3) is 0.389. The van der Waals surface area contributed by atoms with E-state index < -0.39 is 5.97 Å². The van der Waals surface area contributed by atoms with E-state index in [4.69, 9.17) is 14.6 Å². The Morgan fingerprint density at radius 3 is 2.83 bits per heavy atom. The molecule has 3 aromatic heterocycles. The van der Waals surface area contributed by atoms with E-state index in [-0.39, 0.29) is 6.42 Å². The molecule has 0 saturated carbocycles. The maximum Gasteiger partial charge on any atom is 0.303 e. The molecular formula is C18H21N3O3. The molecule has 0 aromatic carbocycles. The van der Waals surface area contributed by atoms with Gasteiger partial charge in [-0.2, -0.15) is 5.10 Å². The van der Waals surface area contributed by atoms with Crippen LogP contribution in [0.3, 0.4) is 0 Å². The Morgan fingerprint density at radius 1 is 1.33 bits per heavy atom. The summed E-state index contributed by atoms with van der Waals surface area (Å²) in [6.07, 6.45) is 6.45. The number of oxazole rings is 1. The van der Waals surface area contributed by atoms with E-state index in [0.29, 0.717) is 6.42 Å². The van der Waals surface area contributed by atoms with Crippen LogP contribution in [0.15, 0.2) is 29.1 Å². The van der Waals surface area contributed by atoms with Crippen molar-refractivity contribution in [2.24, 2.45) is 0 Å². The van der Waals surface area contributed by atoms with Crippen molar-refractivity contribution in [3.8, 4) is 11.3 Å². The lowest BCUT2D eigenvalue weighted by atomic mass is 9.98. The molecule has 6 heteroatoms. The Kier molecular flexibility index (Phi) is 4.64. The number of carboxylic acids is 1. The molecule has 0 bridgehead atoms. The first-order valence-corrected chi connectivity index (χ1v) is 8.22. The van der Waals surface area contributed by atoms with E-state index in [1.54, 1.807) is 6.20 Å². The predicted molar refractivity (Wildman–Crippen MR) is 90.0 cm³/mol. The number of fused-ring (bicyclic) bond motifs is 1. The first-order valence-electron chi connectivity index (χ1n) is 8.22. The quantitative estimate of drug-likeness (QED) is 0.670. The molecule has 6 nitrogen and oxygen atoms in total. The van der Waals surface area contributed by atoms with Crippen molar-refractivity contribution in [2.75, 3.05) is 0 Å². The van der Waals surface area contributed by atoms with E-state index in [9.17, 15) is 4.79 Å². The summed E-state index contributed by atoms with van der Waals surface area (Å²) >= 11 is 0. The van der Waals surface area contributed by atoms with E-state index in [2.05, 4.69) is 24.0 Å². The standard InChI is InChI=1S/C18H21N3O3/c1-3-13-8-9-15-18(16-10-19-11-24-16)14(12(2)20-21(13)15)6-4-5-7-17(22)23/h8-11H,3-7H2,1-2H3,(H,22,23). The second-order valence-corrected chi connectivity index (χ2v) is 5.88. The van der Waals surface area contributed by atoms with E-state index in [0.717, 1.165) is 53.1 Å². The second-order valence-electron chi connectivity index (χ2n) is 5.88. The molecule has 0 aliphatic carbocycles. The van der Waals surface area contributed by atoms with Gasteiger partial charge in [0.2, 0.25) is 0 Å². The third-order valence-corrected chi connectivity index (χ3v) is 4.29. The zero-order valence-corrected chi connectivity index (χ0v) is 14.0. The van der Waals surface area contributed by atoms with Crippen molar-refractivity contribution in [1.82, 2.24) is 14.6 Å². The number of hydrogen-bond donors (Lipinski definition) is 1. The summed E-state index contributed by atoms with van der Waals surface area (Å²) in [5, 5.41) is 13.5. The molecule has 0 aliphatic heterocycles. The molecule has 3 rings (SSSR count). The maximum atomic E-state index is 10.7. The number of aliphatic carboxylic acids is 1. The lowest BCUT2D eigenvalue weighted by Gasteiger charge is -2.13. The summed E-state index contributed by atoms with van der Waals surface area (Å²) in [5.74, 6) is -0.0329. The molecule has 0 fully saturated rings. The minimum Gasteiger partial charge on any atom is -0.481 e. The van der Waals surface area contributed by atoms with Crippen LogP contribution in [0, 0.1) is 6.92 Å². The third-order valence-electron chi connectivity index (χ3n) is 4.29. The highest BCUT2D eigenvalue weighted by molar-refractivity contribution is 5.80. The molecule has 126 valence electrons. The van der Waals surface area contributed by atoms with Gasteiger partial charge in [-0.1, -0.05) is 6.92 Å². The normalized spacial score (nSPS) is 11.2. The molecule has 3 heterocycles. The highest BCUT2D eigenvalue weighted by atomic mass is 16.4. The van der Waals surface area contributed by atoms with Gasteiger partial charge in [-0.05, 0) is 50.3 Å². The van der Waals surface area contributed by atoms with Crippen LogP contribution in [0.25, 0.3) is 16.8 Å². The SMILES string of the molecule is CCc1ccc2c(-c3cnco3)c(CCCCC(=O)O)c(C)nn12. The molecule has 24 heavy (non-hydrogen) atoms. The van der Waals surface area contributed by atoms with Gasteiger partial charge in [-0.25, -0.2) is 9.50 Å². The monoisotopic (exact) mass is 327 g/mol. The number of carbonyl (C=O) groups is 1. The summed E-state index contributed by atoms with van der Waals surface area (Å²) < 4.78 is 7.53. The summed E-state index contributed by atoms with van der Waals surface area (Å²) in [6.45, 7) is 4.10. The molecule has 3 aromatic rings. The minimum absolute atomic E-state index is 0.192. The first kappa shape index (κ1) is 16.2. The number of aryl methyl sites for hydroxylation is 2. The smallest absolute Gasteiger partial charge is 0.303 e. The largest absolute Gasteiger partial charge is 0.481 e. The number of rotatable bonds is 7. The summed E-state index contributed by atoms with van der Waals surface area (Å²) in [6, 6.07) is 4.14. The third kappa shape index (κ3) is 3.04. The molecule has 0 saturated heterocycles. The molecule has 0 unspecified atom stereocenters. The lowest BCUT2D eigenvalue weighted by Crippen LogP contribution is -2.06. The van der Waals surface area contributed by atoms with Gasteiger partial charge in [0.25, 0.3) is 0 Å². The Morgan fingerprint density at radius 2 is 2.17 bits per heavy atom. The second kappa shape index (κ2) is 6.86. The summed E-state index contributed by atoms with van der Waals surface area (Å²) in [7, 11) is 0. The highest BCUT2D eigenvalue weighted by Crippen LogP contribution is 2.32. The number of nitrogens with zero attached hydrogens (tertiary/aromatic N) is 3. The van der Waals surface area contributed by atoms with Crippen LogP contribution in [0.1, 0.15) is 43.1 Å². The van der Waals surface area contributed by atoms with Crippen molar-refractivity contribution in [2.45, 2.75) is 46.0 Å². The zero-order valence-electron chi connectivity index (χ0n) is 14.0. The van der Waals surface area contributed by atoms with E-state index in [1.165, 1.54) is 6.39 Å². The average molecular weight is 327 g/mol. The van der Waals surface area contributed by atoms with Crippen LogP contribution in [-0.4, -0.2) is 25.7 Å². The Bertz CT molecular complexity index is 850. The Balaban J connectivity index is 2.05. The van der Waals surface area contributed by atoms with Crippen LogP contribution < -0.4 is 0 Å². The number of aromatic nitrogens is 3. The van der Waals surface area contributed by atoms with Gasteiger partial charge < -0.3 is 9.52 Å². The van der Waals surface area contributed by atoms with Gasteiger partial charge in [0.15, 0.2) is 12.2 Å². The van der Waals surface area contributed by atoms with Crippen LogP contribution in [0.2, 0.25) is 0 Å². The molecule has 0 radical (unpaired) electrons. The number of hydrogen-bond acceptors (Lipinski definition) is 4. The van der Waals surface area contributed by atoms with Crippen molar-refractivity contribution < 1.29 is 14.3 Å². The zero-order chi connectivity index (χ0) is 17.1. The summed E-state index contributed by atoms with van der Waals surface area (Å²) in [5.41, 5.74) is 5.20. The van der Waals surface area contributed by atoms with Crippen molar-refractivity contribution in [3.05, 3.63) is 41.7 Å². The van der Waals surface area contributed by atoms with Gasteiger partial charge in [0.1, 0.15) is 0 Å². The lowest BCUT2D eigenvalue weighted by molar-refractivity contribution is -0.137. The Labute approximate surface area is 140 Å². The van der Waals surface area contributed by atoms with E-state index in [1.807, 2.05) is 11.4 Å². The van der Waals surface area contributed by atoms with Gasteiger partial charge in [0.05, 0.1) is 17.4 Å². The minimum atomic E-state index is -0.755. The van der Waals surface area contributed by atoms with E-state index >= 15 is 0 Å². The predicted octanol–water partition coefficient (Wildman–Crippen LogP) is 3.66. The maximum absolute atomic E-state index is 10.7. The highest BCUT2D eigenvalue weighted by Gasteiger charge is 2.18. The molecule has 0 spiro atoms. The van der Waals surface area contributed by atoms with Gasteiger partial charge in [0, 0.05) is 17.7 Å². The number of carboxylic acid groups (broad SMARTS) is 1. The van der Waals surface area contributed by atoms with Crippen molar-refractivity contribution in [1.29, 1.82) is 0 Å². The summed E-state index contributed by atoms with van der Waals surface area (Å²) in [4.78, 5) is 14.8. The first-order chi connectivity index (χ1) is 11.6.